The predicted octanol–water partition coefficient (Wildman–Crippen LogP) is 0.568. The summed E-state index contributed by atoms with van der Waals surface area (Å²) in [5, 5.41) is 9.09. The summed E-state index contributed by atoms with van der Waals surface area (Å²) < 4.78 is 1.46. The van der Waals surface area contributed by atoms with Gasteiger partial charge in [-0.2, -0.15) is 5.26 Å². The highest BCUT2D eigenvalue weighted by Crippen LogP contribution is 2.07. The van der Waals surface area contributed by atoms with Gasteiger partial charge in [0.15, 0.2) is 5.16 Å². The Morgan fingerprint density at radius 2 is 2.46 bits per heavy atom. The van der Waals surface area contributed by atoms with Gasteiger partial charge in [0, 0.05) is 18.8 Å². The zero-order valence-electron chi connectivity index (χ0n) is 7.44. The van der Waals surface area contributed by atoms with Crippen molar-refractivity contribution in [3.05, 3.63) is 22.1 Å². The van der Waals surface area contributed by atoms with E-state index >= 15 is 0 Å². The Bertz CT molecular complexity index is 405. The van der Waals surface area contributed by atoms with Gasteiger partial charge in [0.05, 0.1) is 12.5 Å². The van der Waals surface area contributed by atoms with Crippen LogP contribution in [0, 0.1) is 11.3 Å². The Morgan fingerprint density at radius 3 is 3.00 bits per heavy atom. The second-order valence-electron chi connectivity index (χ2n) is 2.47. The Balaban J connectivity index is 3.25. The average Bonchev–Trinajstić information content (AvgIpc) is 2.14. The molecule has 0 fully saturated rings. The molecule has 5 heteroatoms. The van der Waals surface area contributed by atoms with Crippen LogP contribution in [0.25, 0.3) is 0 Å². The van der Waals surface area contributed by atoms with Gasteiger partial charge in [-0.25, -0.2) is 4.98 Å². The van der Waals surface area contributed by atoms with Crippen LogP contribution in [-0.4, -0.2) is 15.8 Å². The minimum atomic E-state index is -0.138. The molecule has 1 rings (SSSR count). The number of hydrogen-bond donors (Lipinski definition) is 0. The first-order valence-corrected chi connectivity index (χ1v) is 4.89. The molecule has 68 valence electrons. The molecule has 0 saturated heterocycles. The fourth-order valence-electron chi connectivity index (χ4n) is 0.973. The molecule has 0 spiro atoms. The molecule has 4 nitrogen and oxygen atoms in total. The fourth-order valence-corrected chi connectivity index (χ4v) is 1.49. The Kier molecular flexibility index (Phi) is 3.09. The zero-order chi connectivity index (χ0) is 9.84. The summed E-state index contributed by atoms with van der Waals surface area (Å²) in [6.45, 7) is 0. The number of thioether (sulfide) groups is 1. The first-order valence-electron chi connectivity index (χ1n) is 3.66. The summed E-state index contributed by atoms with van der Waals surface area (Å²) >= 11 is 1.41. The van der Waals surface area contributed by atoms with Gasteiger partial charge >= 0.3 is 0 Å². The van der Waals surface area contributed by atoms with Crippen LogP contribution in [0.4, 0.5) is 0 Å². The number of hydrogen-bond acceptors (Lipinski definition) is 4. The first-order chi connectivity index (χ1) is 6.20. The number of aromatic nitrogens is 2. The Labute approximate surface area is 80.2 Å². The Morgan fingerprint density at radius 1 is 1.77 bits per heavy atom. The lowest BCUT2D eigenvalue weighted by Gasteiger charge is -2.04. The van der Waals surface area contributed by atoms with E-state index in [9.17, 15) is 4.79 Å². The zero-order valence-corrected chi connectivity index (χ0v) is 8.26. The summed E-state index contributed by atoms with van der Waals surface area (Å²) in [5.41, 5.74) is 0.309. The molecule has 0 aliphatic heterocycles. The van der Waals surface area contributed by atoms with E-state index in [0.29, 0.717) is 10.7 Å². The van der Waals surface area contributed by atoms with Crippen LogP contribution in [0.5, 0.6) is 0 Å². The minimum Gasteiger partial charge on any atom is -0.291 e. The quantitative estimate of drug-likeness (QED) is 0.511. The average molecular weight is 195 g/mol. The van der Waals surface area contributed by atoms with Crippen molar-refractivity contribution in [3.63, 3.8) is 0 Å². The van der Waals surface area contributed by atoms with Crippen LogP contribution in [0.1, 0.15) is 5.56 Å². The monoisotopic (exact) mass is 195 g/mol. The SMILES string of the molecule is CSc1ncc(CC#N)c(=O)n1C. The third kappa shape index (κ3) is 1.90. The number of rotatable bonds is 2. The van der Waals surface area contributed by atoms with Crippen LogP contribution in [0.15, 0.2) is 16.1 Å². The van der Waals surface area contributed by atoms with Gasteiger partial charge in [-0.3, -0.25) is 9.36 Å². The van der Waals surface area contributed by atoms with Gasteiger partial charge in [-0.15, -0.1) is 0 Å². The van der Waals surface area contributed by atoms with Crippen molar-refractivity contribution in [1.82, 2.24) is 9.55 Å². The van der Waals surface area contributed by atoms with Crippen molar-refractivity contribution in [1.29, 1.82) is 5.26 Å². The minimum absolute atomic E-state index is 0.119. The molecule has 0 saturated carbocycles. The molecule has 0 radical (unpaired) electrons. The highest BCUT2D eigenvalue weighted by molar-refractivity contribution is 7.98. The van der Waals surface area contributed by atoms with Gasteiger partial charge in [0.2, 0.25) is 0 Å². The van der Waals surface area contributed by atoms with Gasteiger partial charge in [-0.1, -0.05) is 11.8 Å². The van der Waals surface area contributed by atoms with E-state index in [0.717, 1.165) is 0 Å². The van der Waals surface area contributed by atoms with Crippen LogP contribution in [0.3, 0.4) is 0 Å². The van der Waals surface area contributed by atoms with Crippen LogP contribution >= 0.6 is 11.8 Å². The molecule has 0 amide bonds. The molecule has 0 aliphatic rings. The van der Waals surface area contributed by atoms with E-state index in [2.05, 4.69) is 4.98 Å². The number of nitrogens with zero attached hydrogens (tertiary/aromatic N) is 3. The lowest BCUT2D eigenvalue weighted by Crippen LogP contribution is -2.23. The summed E-state index contributed by atoms with van der Waals surface area (Å²) in [6.07, 6.45) is 3.44. The summed E-state index contributed by atoms with van der Waals surface area (Å²) in [6, 6.07) is 1.93. The highest BCUT2D eigenvalue weighted by Gasteiger charge is 2.05. The number of nitriles is 1. The third-order valence-corrected chi connectivity index (χ3v) is 2.39. The topological polar surface area (TPSA) is 58.7 Å². The maximum absolute atomic E-state index is 11.5. The maximum atomic E-state index is 11.5. The lowest BCUT2D eigenvalue weighted by atomic mass is 10.2. The molecule has 0 aliphatic carbocycles. The second-order valence-corrected chi connectivity index (χ2v) is 3.24. The summed E-state index contributed by atoms with van der Waals surface area (Å²) in [5.74, 6) is 0. The molecule has 0 N–H and O–H groups in total. The smallest absolute Gasteiger partial charge is 0.258 e. The maximum Gasteiger partial charge on any atom is 0.258 e. The van der Waals surface area contributed by atoms with Crippen molar-refractivity contribution in [2.75, 3.05) is 6.26 Å². The molecular formula is C8H9N3OS. The predicted molar refractivity (Wildman–Crippen MR) is 50.6 cm³/mol. The van der Waals surface area contributed by atoms with E-state index in [1.807, 2.05) is 12.3 Å². The molecule has 1 aromatic rings. The first kappa shape index (κ1) is 9.81. The second kappa shape index (κ2) is 4.10. The van der Waals surface area contributed by atoms with E-state index in [1.165, 1.54) is 22.5 Å². The van der Waals surface area contributed by atoms with E-state index in [1.54, 1.807) is 7.05 Å². The van der Waals surface area contributed by atoms with Gasteiger partial charge in [0.25, 0.3) is 5.56 Å². The van der Waals surface area contributed by atoms with Crippen molar-refractivity contribution in [2.24, 2.45) is 7.05 Å². The molecular weight excluding hydrogens is 186 g/mol. The van der Waals surface area contributed by atoms with E-state index < -0.39 is 0 Å². The summed E-state index contributed by atoms with van der Waals surface area (Å²) in [4.78, 5) is 15.5. The van der Waals surface area contributed by atoms with Gasteiger partial charge in [-0.05, 0) is 6.26 Å². The normalized spacial score (nSPS) is 9.62. The molecule has 0 bridgehead atoms. The molecule has 1 heterocycles. The van der Waals surface area contributed by atoms with Crippen LogP contribution < -0.4 is 5.56 Å². The van der Waals surface area contributed by atoms with Crippen LogP contribution in [-0.2, 0) is 13.5 Å². The molecule has 0 aromatic carbocycles. The molecule has 0 atom stereocenters. The lowest BCUT2D eigenvalue weighted by molar-refractivity contribution is 0.697. The molecule has 13 heavy (non-hydrogen) atoms. The van der Waals surface area contributed by atoms with E-state index in [-0.39, 0.29) is 12.0 Å². The van der Waals surface area contributed by atoms with E-state index in [4.69, 9.17) is 5.26 Å². The van der Waals surface area contributed by atoms with Crippen molar-refractivity contribution in [2.45, 2.75) is 11.6 Å². The largest absolute Gasteiger partial charge is 0.291 e. The van der Waals surface area contributed by atoms with Gasteiger partial charge < -0.3 is 0 Å². The third-order valence-electron chi connectivity index (χ3n) is 1.65. The van der Waals surface area contributed by atoms with Gasteiger partial charge in [0.1, 0.15) is 0 Å². The van der Waals surface area contributed by atoms with Crippen molar-refractivity contribution in [3.8, 4) is 6.07 Å². The van der Waals surface area contributed by atoms with Crippen molar-refractivity contribution < 1.29 is 0 Å². The highest BCUT2D eigenvalue weighted by atomic mass is 32.2. The Hall–Kier alpha value is -1.28. The van der Waals surface area contributed by atoms with Crippen LogP contribution in [0.2, 0.25) is 0 Å². The summed E-state index contributed by atoms with van der Waals surface area (Å²) in [7, 11) is 1.65. The van der Waals surface area contributed by atoms with Crippen molar-refractivity contribution >= 4 is 11.8 Å². The fraction of sp³-hybridized carbons (Fsp3) is 0.375. The molecule has 1 aromatic heterocycles. The standard InChI is InChI=1S/C8H9N3OS/c1-11-7(12)6(3-4-9)5-10-8(11)13-2/h5H,3H2,1-2H3. The molecule has 0 unspecified atom stereocenters.